The molecular weight excluding hydrogens is 299 g/mol. The van der Waals surface area contributed by atoms with Gasteiger partial charge in [-0.2, -0.15) is 10.1 Å². The van der Waals surface area contributed by atoms with E-state index < -0.39 is 6.67 Å². The number of rotatable bonds is 4. The number of hydrogen-bond acceptors (Lipinski definition) is 6. The fourth-order valence-electron chi connectivity index (χ4n) is 1.97. The fraction of sp³-hybridized carbons (Fsp3) is 0.400. The molecule has 0 N–H and O–H groups in total. The van der Waals surface area contributed by atoms with Crippen molar-refractivity contribution in [3.63, 3.8) is 0 Å². The first kappa shape index (κ1) is 15.3. The third-order valence-electron chi connectivity index (χ3n) is 3.20. The minimum Gasteiger partial charge on any atom is -0.333 e. The monoisotopic (exact) mass is 316 g/mol. The number of hydrogen-bond donors (Lipinski definition) is 0. The molecule has 0 spiro atoms. The summed E-state index contributed by atoms with van der Waals surface area (Å²) in [6.45, 7) is 5.86. The second kappa shape index (κ2) is 5.86. The van der Waals surface area contributed by atoms with E-state index in [1.807, 2.05) is 20.8 Å². The smallest absolute Gasteiger partial charge is 0.261 e. The molecule has 0 saturated carbocycles. The Hall–Kier alpha value is -2.64. The van der Waals surface area contributed by atoms with E-state index in [1.165, 1.54) is 4.68 Å². The van der Waals surface area contributed by atoms with Crippen LogP contribution in [0.1, 0.15) is 26.6 Å². The topological polar surface area (TPSA) is 82.5 Å². The van der Waals surface area contributed by atoms with E-state index in [4.69, 9.17) is 4.52 Å². The van der Waals surface area contributed by atoms with E-state index in [-0.39, 0.29) is 12.0 Å². The summed E-state index contributed by atoms with van der Waals surface area (Å²) in [7, 11) is 0. The average molecular weight is 316 g/mol. The van der Waals surface area contributed by atoms with Gasteiger partial charge < -0.3 is 4.52 Å². The van der Waals surface area contributed by atoms with Crippen molar-refractivity contribution >= 4 is 0 Å². The van der Waals surface area contributed by atoms with Crippen LogP contribution in [-0.2, 0) is 12.0 Å². The molecule has 23 heavy (non-hydrogen) atoms. The van der Waals surface area contributed by atoms with E-state index in [2.05, 4.69) is 25.2 Å². The van der Waals surface area contributed by atoms with Crippen molar-refractivity contribution in [2.45, 2.75) is 32.7 Å². The van der Waals surface area contributed by atoms with Gasteiger partial charge in [0, 0.05) is 24.0 Å². The van der Waals surface area contributed by atoms with E-state index in [9.17, 15) is 4.39 Å². The molecule has 0 amide bonds. The maximum Gasteiger partial charge on any atom is 0.261 e. The van der Waals surface area contributed by atoms with Crippen LogP contribution in [0.2, 0.25) is 0 Å². The van der Waals surface area contributed by atoms with Gasteiger partial charge in [-0.15, -0.1) is 0 Å². The number of nitrogens with zero attached hydrogens (tertiary/aromatic N) is 6. The highest BCUT2D eigenvalue weighted by molar-refractivity contribution is 5.57. The average Bonchev–Trinajstić information content (AvgIpc) is 3.15. The Morgan fingerprint density at radius 3 is 2.52 bits per heavy atom. The Kier molecular flexibility index (Phi) is 3.89. The first-order chi connectivity index (χ1) is 11.0. The number of aryl methyl sites for hydroxylation is 1. The molecular formula is C15H17FN6O. The molecule has 3 rings (SSSR count). The van der Waals surface area contributed by atoms with Gasteiger partial charge in [-0.1, -0.05) is 25.9 Å². The van der Waals surface area contributed by atoms with Crippen LogP contribution >= 0.6 is 0 Å². The molecule has 7 nitrogen and oxygen atoms in total. The summed E-state index contributed by atoms with van der Waals surface area (Å²) in [4.78, 5) is 13.0. The van der Waals surface area contributed by atoms with Crippen LogP contribution in [0.5, 0.6) is 0 Å². The highest BCUT2D eigenvalue weighted by atomic mass is 19.1. The molecule has 0 atom stereocenters. The van der Waals surface area contributed by atoms with Crippen molar-refractivity contribution in [3.05, 3.63) is 30.6 Å². The molecule has 0 radical (unpaired) electrons. The standard InChI is InChI=1S/C15H17FN6O/c1-15(2,3)14-17-6-10(7-18-14)13-20-12(21-23-13)11-8-19-22(9-11)5-4-16/h6-9H,4-5H2,1-3H3. The zero-order chi connectivity index (χ0) is 16.4. The Morgan fingerprint density at radius 1 is 1.13 bits per heavy atom. The minimum atomic E-state index is -0.476. The lowest BCUT2D eigenvalue weighted by Crippen LogP contribution is -2.15. The van der Waals surface area contributed by atoms with Crippen molar-refractivity contribution in [2.75, 3.05) is 6.67 Å². The molecule has 0 aliphatic carbocycles. The molecule has 0 saturated heterocycles. The molecule has 0 aliphatic rings. The summed E-state index contributed by atoms with van der Waals surface area (Å²) in [6, 6.07) is 0. The van der Waals surface area contributed by atoms with Crippen LogP contribution in [0.3, 0.4) is 0 Å². The predicted molar refractivity (Wildman–Crippen MR) is 81.2 cm³/mol. The molecule has 3 aromatic heterocycles. The maximum absolute atomic E-state index is 12.3. The van der Waals surface area contributed by atoms with Gasteiger partial charge in [0.2, 0.25) is 5.82 Å². The second-order valence-corrected chi connectivity index (χ2v) is 6.15. The molecule has 120 valence electrons. The highest BCUT2D eigenvalue weighted by Gasteiger charge is 2.18. The van der Waals surface area contributed by atoms with Gasteiger partial charge in [0.25, 0.3) is 5.89 Å². The zero-order valence-electron chi connectivity index (χ0n) is 13.2. The summed E-state index contributed by atoms with van der Waals surface area (Å²) in [5, 5.41) is 7.95. The van der Waals surface area contributed by atoms with Crippen LogP contribution in [0.25, 0.3) is 22.8 Å². The third-order valence-corrected chi connectivity index (χ3v) is 3.20. The second-order valence-electron chi connectivity index (χ2n) is 6.15. The Labute approximate surface area is 132 Å². The van der Waals surface area contributed by atoms with E-state index in [0.29, 0.717) is 22.8 Å². The number of halogens is 1. The summed E-state index contributed by atoms with van der Waals surface area (Å²) >= 11 is 0. The molecule has 8 heteroatoms. The summed E-state index contributed by atoms with van der Waals surface area (Å²) < 4.78 is 19.0. The first-order valence-electron chi connectivity index (χ1n) is 7.23. The molecule has 0 bridgehead atoms. The predicted octanol–water partition coefficient (Wildman–Crippen LogP) is 2.66. The van der Waals surface area contributed by atoms with Crippen LogP contribution in [0.4, 0.5) is 4.39 Å². The van der Waals surface area contributed by atoms with Gasteiger partial charge in [-0.25, -0.2) is 14.4 Å². The molecule has 0 aromatic carbocycles. The summed E-state index contributed by atoms with van der Waals surface area (Å²) in [5.74, 6) is 1.47. The van der Waals surface area contributed by atoms with Crippen molar-refractivity contribution in [1.29, 1.82) is 0 Å². The molecule has 0 fully saturated rings. The first-order valence-corrected chi connectivity index (χ1v) is 7.23. The highest BCUT2D eigenvalue weighted by Crippen LogP contribution is 2.23. The van der Waals surface area contributed by atoms with Gasteiger partial charge in [0.1, 0.15) is 12.5 Å². The van der Waals surface area contributed by atoms with Gasteiger partial charge in [-0.3, -0.25) is 4.68 Å². The number of alkyl halides is 1. The van der Waals surface area contributed by atoms with Crippen molar-refractivity contribution in [1.82, 2.24) is 29.9 Å². The SMILES string of the molecule is CC(C)(C)c1ncc(-c2nc(-c3cnn(CCF)c3)no2)cn1. The van der Waals surface area contributed by atoms with Gasteiger partial charge >= 0.3 is 0 Å². The Bertz CT molecular complexity index is 787. The maximum atomic E-state index is 12.3. The van der Waals surface area contributed by atoms with E-state index in [1.54, 1.807) is 24.8 Å². The van der Waals surface area contributed by atoms with E-state index >= 15 is 0 Å². The zero-order valence-corrected chi connectivity index (χ0v) is 13.2. The van der Waals surface area contributed by atoms with Gasteiger partial charge in [0.05, 0.1) is 23.9 Å². The van der Waals surface area contributed by atoms with Crippen LogP contribution in [0.15, 0.2) is 29.3 Å². The lowest BCUT2D eigenvalue weighted by Gasteiger charge is -2.15. The Balaban J connectivity index is 1.83. The minimum absolute atomic E-state index is 0.121. The van der Waals surface area contributed by atoms with Crippen LogP contribution in [-0.4, -0.2) is 36.6 Å². The third kappa shape index (κ3) is 3.25. The lowest BCUT2D eigenvalue weighted by atomic mass is 9.96. The van der Waals surface area contributed by atoms with E-state index in [0.717, 1.165) is 5.82 Å². The molecule has 3 aromatic rings. The van der Waals surface area contributed by atoms with Gasteiger partial charge in [0.15, 0.2) is 0 Å². The molecule has 0 unspecified atom stereocenters. The molecule has 3 heterocycles. The number of aromatic nitrogens is 6. The quantitative estimate of drug-likeness (QED) is 0.736. The van der Waals surface area contributed by atoms with Crippen molar-refractivity contribution < 1.29 is 8.91 Å². The Morgan fingerprint density at radius 2 is 1.87 bits per heavy atom. The van der Waals surface area contributed by atoms with Crippen LogP contribution < -0.4 is 0 Å². The largest absolute Gasteiger partial charge is 0.333 e. The summed E-state index contributed by atoms with van der Waals surface area (Å²) in [6.07, 6.45) is 6.58. The fourth-order valence-corrected chi connectivity index (χ4v) is 1.97. The van der Waals surface area contributed by atoms with Gasteiger partial charge in [-0.05, 0) is 0 Å². The van der Waals surface area contributed by atoms with Crippen LogP contribution in [0, 0.1) is 0 Å². The summed E-state index contributed by atoms with van der Waals surface area (Å²) in [5.41, 5.74) is 1.19. The lowest BCUT2D eigenvalue weighted by molar-refractivity contribution is 0.427. The molecule has 0 aliphatic heterocycles. The normalized spacial score (nSPS) is 11.8. The van der Waals surface area contributed by atoms with Crippen molar-refractivity contribution in [3.8, 4) is 22.8 Å². The van der Waals surface area contributed by atoms with Crippen molar-refractivity contribution in [2.24, 2.45) is 0 Å².